The van der Waals surface area contributed by atoms with Gasteiger partial charge in [-0.3, -0.25) is 14.5 Å². The lowest BCUT2D eigenvalue weighted by molar-refractivity contribution is 0.163. The molecule has 1 aliphatic heterocycles. The second kappa shape index (κ2) is 7.89. The Morgan fingerprint density at radius 3 is 2.64 bits per heavy atom. The SMILES string of the molecule is Cn1ncc(CN2CCC(Cn3nc(-n4cccn4)ccc3=O)CC2)cc1=O. The van der Waals surface area contributed by atoms with Gasteiger partial charge in [0.1, 0.15) is 0 Å². The van der Waals surface area contributed by atoms with E-state index in [0.717, 1.165) is 38.0 Å². The summed E-state index contributed by atoms with van der Waals surface area (Å²) in [5.74, 6) is 1.04. The Bertz CT molecular complexity index is 1050. The Morgan fingerprint density at radius 1 is 1.11 bits per heavy atom. The molecule has 28 heavy (non-hydrogen) atoms. The summed E-state index contributed by atoms with van der Waals surface area (Å²) in [7, 11) is 1.65. The van der Waals surface area contributed by atoms with E-state index in [2.05, 4.69) is 20.2 Å². The van der Waals surface area contributed by atoms with Crippen molar-refractivity contribution in [3.8, 4) is 5.82 Å². The first kappa shape index (κ1) is 18.3. The molecule has 0 N–H and O–H groups in total. The van der Waals surface area contributed by atoms with Crippen LogP contribution in [0.3, 0.4) is 0 Å². The van der Waals surface area contributed by atoms with Crippen LogP contribution in [0, 0.1) is 5.92 Å². The number of hydrogen-bond acceptors (Lipinski definition) is 6. The Hall–Kier alpha value is -3.07. The average Bonchev–Trinajstić information content (AvgIpc) is 3.23. The van der Waals surface area contributed by atoms with Crippen LogP contribution in [0.5, 0.6) is 0 Å². The lowest BCUT2D eigenvalue weighted by Crippen LogP contribution is -2.37. The third-order valence-corrected chi connectivity index (χ3v) is 5.16. The van der Waals surface area contributed by atoms with Gasteiger partial charge in [-0.1, -0.05) is 0 Å². The van der Waals surface area contributed by atoms with Crippen molar-refractivity contribution < 1.29 is 0 Å². The van der Waals surface area contributed by atoms with E-state index in [1.165, 1.54) is 4.68 Å². The van der Waals surface area contributed by atoms with E-state index in [0.29, 0.717) is 18.3 Å². The Morgan fingerprint density at radius 2 is 1.93 bits per heavy atom. The van der Waals surface area contributed by atoms with Crippen molar-refractivity contribution in [2.45, 2.75) is 25.9 Å². The summed E-state index contributed by atoms with van der Waals surface area (Å²) >= 11 is 0. The van der Waals surface area contributed by atoms with Gasteiger partial charge in [0.15, 0.2) is 5.82 Å². The topological polar surface area (TPSA) is 90.8 Å². The van der Waals surface area contributed by atoms with Crippen molar-refractivity contribution in [2.75, 3.05) is 13.1 Å². The molecule has 0 atom stereocenters. The number of nitrogens with zero attached hydrogens (tertiary/aromatic N) is 7. The van der Waals surface area contributed by atoms with E-state index in [1.807, 2.05) is 6.07 Å². The molecule has 146 valence electrons. The quantitative estimate of drug-likeness (QED) is 0.637. The Kier molecular flexibility index (Phi) is 5.16. The average molecular weight is 381 g/mol. The molecule has 0 bridgehead atoms. The zero-order valence-corrected chi connectivity index (χ0v) is 15.8. The van der Waals surface area contributed by atoms with Gasteiger partial charge in [0.25, 0.3) is 11.1 Å². The van der Waals surface area contributed by atoms with Gasteiger partial charge in [-0.15, -0.1) is 5.10 Å². The molecule has 0 aromatic carbocycles. The third-order valence-electron chi connectivity index (χ3n) is 5.16. The lowest BCUT2D eigenvalue weighted by Gasteiger charge is -2.31. The highest BCUT2D eigenvalue weighted by Crippen LogP contribution is 2.19. The number of aryl methyl sites for hydroxylation is 1. The predicted molar refractivity (Wildman–Crippen MR) is 103 cm³/mol. The molecule has 0 amide bonds. The van der Waals surface area contributed by atoms with Gasteiger partial charge in [0.2, 0.25) is 0 Å². The van der Waals surface area contributed by atoms with Gasteiger partial charge in [-0.25, -0.2) is 14.0 Å². The maximum Gasteiger partial charge on any atom is 0.266 e. The van der Waals surface area contributed by atoms with Crippen LogP contribution in [0.1, 0.15) is 18.4 Å². The van der Waals surface area contributed by atoms with Gasteiger partial charge in [0, 0.05) is 44.7 Å². The lowest BCUT2D eigenvalue weighted by atomic mass is 9.96. The number of aromatic nitrogens is 6. The monoisotopic (exact) mass is 381 g/mol. The third kappa shape index (κ3) is 4.09. The fourth-order valence-corrected chi connectivity index (χ4v) is 3.52. The zero-order chi connectivity index (χ0) is 19.5. The molecule has 3 aromatic heterocycles. The molecule has 1 fully saturated rings. The molecule has 0 unspecified atom stereocenters. The van der Waals surface area contributed by atoms with Crippen molar-refractivity contribution >= 4 is 0 Å². The second-order valence-corrected chi connectivity index (χ2v) is 7.21. The molecule has 9 heteroatoms. The highest BCUT2D eigenvalue weighted by atomic mass is 16.1. The van der Waals surface area contributed by atoms with Crippen LogP contribution in [0.2, 0.25) is 0 Å². The summed E-state index contributed by atoms with van der Waals surface area (Å²) in [6.45, 7) is 3.18. The molecule has 1 aliphatic rings. The first-order valence-electron chi connectivity index (χ1n) is 9.41. The standard InChI is InChI=1S/C19H23N7O2/c1-23-19(28)11-16(12-21-23)13-24-9-5-15(6-10-24)14-26-18(27)4-3-17(22-26)25-8-2-7-20-25/h2-4,7-8,11-12,15H,5-6,9-10,13-14H2,1H3. The Balaban J connectivity index is 1.37. The van der Waals surface area contributed by atoms with Gasteiger partial charge in [0.05, 0.1) is 6.20 Å². The molecule has 0 spiro atoms. The normalized spacial score (nSPS) is 15.8. The van der Waals surface area contributed by atoms with Gasteiger partial charge in [-0.05, 0) is 49.5 Å². The first-order valence-corrected chi connectivity index (χ1v) is 9.41. The van der Waals surface area contributed by atoms with Crippen LogP contribution in [0.25, 0.3) is 5.82 Å². The second-order valence-electron chi connectivity index (χ2n) is 7.21. The maximum atomic E-state index is 12.2. The maximum absolute atomic E-state index is 12.2. The molecule has 4 heterocycles. The van der Waals surface area contributed by atoms with Crippen molar-refractivity contribution in [2.24, 2.45) is 13.0 Å². The summed E-state index contributed by atoms with van der Waals surface area (Å²) in [6, 6.07) is 6.70. The van der Waals surface area contributed by atoms with Crippen LogP contribution in [-0.2, 0) is 20.1 Å². The number of rotatable bonds is 5. The van der Waals surface area contributed by atoms with Crippen molar-refractivity contribution in [1.29, 1.82) is 0 Å². The van der Waals surface area contributed by atoms with Crippen LogP contribution in [-0.4, -0.2) is 47.3 Å². The molecule has 3 aromatic rings. The molecule has 9 nitrogen and oxygen atoms in total. The molecule has 4 rings (SSSR count). The van der Waals surface area contributed by atoms with E-state index in [4.69, 9.17) is 0 Å². The van der Waals surface area contributed by atoms with E-state index >= 15 is 0 Å². The fraction of sp³-hybridized carbons (Fsp3) is 0.421. The van der Waals surface area contributed by atoms with Gasteiger partial charge >= 0.3 is 0 Å². The largest absolute Gasteiger partial charge is 0.299 e. The summed E-state index contributed by atoms with van der Waals surface area (Å²) in [4.78, 5) is 26.2. The van der Waals surface area contributed by atoms with E-state index in [9.17, 15) is 9.59 Å². The van der Waals surface area contributed by atoms with E-state index in [-0.39, 0.29) is 11.1 Å². The highest BCUT2D eigenvalue weighted by Gasteiger charge is 2.21. The molecule has 0 saturated carbocycles. The minimum absolute atomic E-state index is 0.0881. The molecular weight excluding hydrogens is 358 g/mol. The highest BCUT2D eigenvalue weighted by molar-refractivity contribution is 5.17. The van der Waals surface area contributed by atoms with Crippen molar-refractivity contribution in [1.82, 2.24) is 34.2 Å². The number of piperidine rings is 1. The number of hydrogen-bond donors (Lipinski definition) is 0. The van der Waals surface area contributed by atoms with E-state index in [1.54, 1.807) is 53.2 Å². The molecule has 0 radical (unpaired) electrons. The summed E-state index contributed by atoms with van der Waals surface area (Å²) in [5.41, 5.74) is 0.755. The van der Waals surface area contributed by atoms with Crippen molar-refractivity contribution in [3.63, 3.8) is 0 Å². The molecular formula is C19H23N7O2. The van der Waals surface area contributed by atoms with Gasteiger partial charge < -0.3 is 0 Å². The zero-order valence-electron chi connectivity index (χ0n) is 15.8. The molecule has 1 saturated heterocycles. The minimum atomic E-state index is -0.0930. The smallest absolute Gasteiger partial charge is 0.266 e. The van der Waals surface area contributed by atoms with Gasteiger partial charge in [-0.2, -0.15) is 10.2 Å². The van der Waals surface area contributed by atoms with E-state index < -0.39 is 0 Å². The number of likely N-dealkylation sites (tertiary alicyclic amines) is 1. The minimum Gasteiger partial charge on any atom is -0.299 e. The fourth-order valence-electron chi connectivity index (χ4n) is 3.52. The van der Waals surface area contributed by atoms with Crippen LogP contribution in [0.15, 0.2) is 52.4 Å². The first-order chi connectivity index (χ1) is 13.6. The molecule has 0 aliphatic carbocycles. The Labute approximate surface area is 161 Å². The van der Waals surface area contributed by atoms with Crippen LogP contribution in [0.4, 0.5) is 0 Å². The predicted octanol–water partition coefficient (Wildman–Crippen LogP) is 0.435. The summed E-state index contributed by atoms with van der Waals surface area (Å²) in [6.07, 6.45) is 7.21. The van der Waals surface area contributed by atoms with Crippen LogP contribution < -0.4 is 11.1 Å². The van der Waals surface area contributed by atoms with Crippen molar-refractivity contribution in [3.05, 3.63) is 69.1 Å². The summed E-state index contributed by atoms with van der Waals surface area (Å²) in [5, 5.41) is 12.7. The summed E-state index contributed by atoms with van der Waals surface area (Å²) < 4.78 is 4.52. The van der Waals surface area contributed by atoms with Crippen LogP contribution >= 0.6 is 0 Å².